The monoisotopic (exact) mass is 959 g/mol. The van der Waals surface area contributed by atoms with Gasteiger partial charge in [0.05, 0.1) is 0 Å². The van der Waals surface area contributed by atoms with E-state index in [1.165, 1.54) is 238 Å². The highest BCUT2D eigenvalue weighted by Gasteiger charge is 2.19. The second-order valence-electron chi connectivity index (χ2n) is 21.0. The highest BCUT2D eigenvalue weighted by Crippen LogP contribution is 2.18. The van der Waals surface area contributed by atoms with Crippen molar-refractivity contribution in [1.29, 1.82) is 0 Å². The van der Waals surface area contributed by atoms with E-state index in [4.69, 9.17) is 14.2 Å². The molecule has 0 aliphatic rings. The summed E-state index contributed by atoms with van der Waals surface area (Å²) in [6.45, 7) is 6.64. The van der Waals surface area contributed by atoms with Crippen LogP contribution in [0.1, 0.15) is 348 Å². The molecule has 0 aliphatic carbocycles. The average molecular weight is 960 g/mol. The average Bonchev–Trinajstić information content (AvgIpc) is 3.34. The zero-order chi connectivity index (χ0) is 49.3. The quantitative estimate of drug-likeness (QED) is 0.0262. The fourth-order valence-electron chi connectivity index (χ4n) is 9.39. The Bertz CT molecular complexity index is 1060. The summed E-state index contributed by atoms with van der Waals surface area (Å²) in [5.74, 6) is -0.852. The summed E-state index contributed by atoms with van der Waals surface area (Å²) in [7, 11) is 0. The number of esters is 3. The van der Waals surface area contributed by atoms with Crippen LogP contribution in [-0.4, -0.2) is 37.2 Å². The van der Waals surface area contributed by atoms with Gasteiger partial charge >= 0.3 is 17.9 Å². The predicted octanol–water partition coefficient (Wildman–Crippen LogP) is 20.5. The van der Waals surface area contributed by atoms with E-state index in [2.05, 4.69) is 32.9 Å². The summed E-state index contributed by atoms with van der Waals surface area (Å²) in [6, 6.07) is 0. The van der Waals surface area contributed by atoms with Crippen LogP contribution in [0.15, 0.2) is 12.2 Å². The zero-order valence-electron chi connectivity index (χ0n) is 46.2. The minimum atomic E-state index is -0.767. The van der Waals surface area contributed by atoms with E-state index in [0.29, 0.717) is 19.3 Å². The van der Waals surface area contributed by atoms with Gasteiger partial charge in [0.25, 0.3) is 0 Å². The number of hydrogen-bond donors (Lipinski definition) is 0. The second-order valence-corrected chi connectivity index (χ2v) is 21.0. The SMILES string of the molecule is CCC/C=C\CCCCCCCC(=O)OCC(COC(=O)CCCCCCCCCCCCCCCCCCCCCCCCCC)OC(=O)CCCCCCCCCCCCCCCCCC. The van der Waals surface area contributed by atoms with Gasteiger partial charge in [-0.1, -0.05) is 303 Å². The van der Waals surface area contributed by atoms with E-state index in [0.717, 1.165) is 70.6 Å². The van der Waals surface area contributed by atoms with Gasteiger partial charge < -0.3 is 14.2 Å². The molecule has 0 heterocycles. The van der Waals surface area contributed by atoms with Gasteiger partial charge in [0.15, 0.2) is 6.10 Å². The number of carbonyl (C=O) groups excluding carboxylic acids is 3. The first kappa shape index (κ1) is 66.2. The van der Waals surface area contributed by atoms with E-state index in [1.54, 1.807) is 0 Å². The Morgan fingerprint density at radius 3 is 0.794 bits per heavy atom. The topological polar surface area (TPSA) is 78.9 Å². The highest BCUT2D eigenvalue weighted by molar-refractivity contribution is 5.71. The van der Waals surface area contributed by atoms with Crippen molar-refractivity contribution in [3.63, 3.8) is 0 Å². The molecule has 0 N–H and O–H groups in total. The van der Waals surface area contributed by atoms with Crippen LogP contribution in [0.3, 0.4) is 0 Å². The standard InChI is InChI=1S/C62H118O6/c1-4-7-10-13-16-19-22-24-26-28-29-30-31-32-33-34-35-37-38-40-43-46-49-52-55-61(64)67-58-59(57-66-60(63)54-51-48-45-42-21-18-15-12-9-6-3)68-62(65)56-53-50-47-44-41-39-36-27-25-23-20-17-14-11-8-5-2/h12,15,59H,4-11,13-14,16-58H2,1-3H3/b15-12-. The third-order valence-corrected chi connectivity index (χ3v) is 14.0. The van der Waals surface area contributed by atoms with Gasteiger partial charge in [0.2, 0.25) is 0 Å². The Morgan fingerprint density at radius 1 is 0.279 bits per heavy atom. The Kier molecular flexibility index (Phi) is 56.2. The first-order valence-corrected chi connectivity index (χ1v) is 30.7. The molecule has 68 heavy (non-hydrogen) atoms. The van der Waals surface area contributed by atoms with Crippen LogP contribution in [0, 0.1) is 0 Å². The Morgan fingerprint density at radius 2 is 0.515 bits per heavy atom. The van der Waals surface area contributed by atoms with Crippen molar-refractivity contribution in [1.82, 2.24) is 0 Å². The summed E-state index contributed by atoms with van der Waals surface area (Å²) in [5, 5.41) is 0. The smallest absolute Gasteiger partial charge is 0.306 e. The van der Waals surface area contributed by atoms with Gasteiger partial charge in [0.1, 0.15) is 13.2 Å². The number of hydrogen-bond acceptors (Lipinski definition) is 6. The lowest BCUT2D eigenvalue weighted by Gasteiger charge is -2.18. The second kappa shape index (κ2) is 57.7. The molecule has 402 valence electrons. The molecule has 0 aromatic heterocycles. The van der Waals surface area contributed by atoms with Gasteiger partial charge in [-0.05, 0) is 38.5 Å². The molecule has 0 saturated heterocycles. The molecular formula is C62H118O6. The Balaban J connectivity index is 4.15. The maximum atomic E-state index is 12.8. The first-order valence-electron chi connectivity index (χ1n) is 30.7. The van der Waals surface area contributed by atoms with Crippen LogP contribution in [-0.2, 0) is 28.6 Å². The predicted molar refractivity (Wildman–Crippen MR) is 293 cm³/mol. The minimum absolute atomic E-state index is 0.0666. The molecule has 1 atom stereocenters. The summed E-state index contributed by atoms with van der Waals surface area (Å²) in [4.78, 5) is 38.1. The zero-order valence-corrected chi connectivity index (χ0v) is 46.2. The normalized spacial score (nSPS) is 12.0. The summed E-state index contributed by atoms with van der Waals surface area (Å²) < 4.78 is 16.9. The lowest BCUT2D eigenvalue weighted by Crippen LogP contribution is -2.30. The van der Waals surface area contributed by atoms with E-state index in [-0.39, 0.29) is 31.1 Å². The van der Waals surface area contributed by atoms with Crippen LogP contribution >= 0.6 is 0 Å². The molecule has 0 fully saturated rings. The van der Waals surface area contributed by atoms with Crippen molar-refractivity contribution in [2.45, 2.75) is 354 Å². The molecule has 0 rings (SSSR count). The van der Waals surface area contributed by atoms with Crippen molar-refractivity contribution in [3.05, 3.63) is 12.2 Å². The minimum Gasteiger partial charge on any atom is -0.462 e. The third-order valence-electron chi connectivity index (χ3n) is 14.0. The summed E-state index contributed by atoms with van der Waals surface area (Å²) in [6.07, 6.45) is 66.6. The number of rotatable bonds is 57. The van der Waals surface area contributed by atoms with Crippen LogP contribution in [0.25, 0.3) is 0 Å². The van der Waals surface area contributed by atoms with Gasteiger partial charge in [-0.25, -0.2) is 0 Å². The molecule has 0 aromatic rings. The fourth-order valence-corrected chi connectivity index (χ4v) is 9.39. The maximum absolute atomic E-state index is 12.8. The van der Waals surface area contributed by atoms with Crippen molar-refractivity contribution in [3.8, 4) is 0 Å². The number of allylic oxidation sites excluding steroid dienone is 2. The molecule has 6 nitrogen and oxygen atoms in total. The Labute approximate surface area is 424 Å². The van der Waals surface area contributed by atoms with E-state index in [9.17, 15) is 14.4 Å². The van der Waals surface area contributed by atoms with E-state index < -0.39 is 6.10 Å². The first-order chi connectivity index (χ1) is 33.5. The van der Waals surface area contributed by atoms with E-state index >= 15 is 0 Å². The highest BCUT2D eigenvalue weighted by atomic mass is 16.6. The number of ether oxygens (including phenoxy) is 3. The van der Waals surface area contributed by atoms with Gasteiger partial charge in [0, 0.05) is 19.3 Å². The fraction of sp³-hybridized carbons (Fsp3) is 0.919. The lowest BCUT2D eigenvalue weighted by molar-refractivity contribution is -0.167. The molecule has 0 bridgehead atoms. The van der Waals surface area contributed by atoms with Crippen LogP contribution < -0.4 is 0 Å². The van der Waals surface area contributed by atoms with Crippen molar-refractivity contribution in [2.75, 3.05) is 13.2 Å². The van der Waals surface area contributed by atoms with E-state index in [1.807, 2.05) is 0 Å². The molecule has 1 unspecified atom stereocenters. The van der Waals surface area contributed by atoms with Crippen molar-refractivity contribution in [2.24, 2.45) is 0 Å². The van der Waals surface area contributed by atoms with Crippen molar-refractivity contribution >= 4 is 17.9 Å². The summed E-state index contributed by atoms with van der Waals surface area (Å²) in [5.41, 5.74) is 0. The Hall–Kier alpha value is -1.85. The molecule has 0 saturated carbocycles. The molecule has 0 aliphatic heterocycles. The van der Waals surface area contributed by atoms with Crippen LogP contribution in [0.2, 0.25) is 0 Å². The largest absolute Gasteiger partial charge is 0.462 e. The lowest BCUT2D eigenvalue weighted by atomic mass is 10.0. The molecule has 0 aromatic carbocycles. The number of unbranched alkanes of at least 4 members (excludes halogenated alkanes) is 44. The number of carbonyl (C=O) groups is 3. The third kappa shape index (κ3) is 55.1. The van der Waals surface area contributed by atoms with Crippen LogP contribution in [0.4, 0.5) is 0 Å². The van der Waals surface area contributed by atoms with Gasteiger partial charge in [-0.15, -0.1) is 0 Å². The molecule has 0 amide bonds. The van der Waals surface area contributed by atoms with Gasteiger partial charge in [-0.2, -0.15) is 0 Å². The molecule has 0 spiro atoms. The van der Waals surface area contributed by atoms with Crippen LogP contribution in [0.5, 0.6) is 0 Å². The van der Waals surface area contributed by atoms with Gasteiger partial charge in [-0.3, -0.25) is 14.4 Å². The molecular weight excluding hydrogens is 841 g/mol. The summed E-state index contributed by atoms with van der Waals surface area (Å²) >= 11 is 0. The van der Waals surface area contributed by atoms with Crippen molar-refractivity contribution < 1.29 is 28.6 Å². The maximum Gasteiger partial charge on any atom is 0.306 e. The molecule has 0 radical (unpaired) electrons. The molecule has 6 heteroatoms.